The van der Waals surface area contributed by atoms with E-state index in [1.807, 2.05) is 0 Å². The fourth-order valence-electron chi connectivity index (χ4n) is 8.47. The second-order valence-electron chi connectivity index (χ2n) is 18.9. The molecule has 3 heterocycles. The van der Waals surface area contributed by atoms with Crippen LogP contribution < -0.4 is 31.4 Å². The van der Waals surface area contributed by atoms with Crippen molar-refractivity contribution in [1.82, 2.24) is 29.3 Å². The van der Waals surface area contributed by atoms with Gasteiger partial charge in [0, 0.05) is 72.3 Å². The highest BCUT2D eigenvalue weighted by molar-refractivity contribution is 5.95. The number of para-hydroxylation sites is 1. The molecule has 0 atom stereocenters. The van der Waals surface area contributed by atoms with E-state index in [0.29, 0.717) is 105 Å². The van der Waals surface area contributed by atoms with Crippen LogP contribution in [0.2, 0.25) is 0 Å². The average molecular weight is 1230 g/mol. The summed E-state index contributed by atoms with van der Waals surface area (Å²) in [4.78, 5) is 0. The van der Waals surface area contributed by atoms with Crippen LogP contribution in [0.5, 0.6) is 17.2 Å². The third-order valence-electron chi connectivity index (χ3n) is 12.7. The van der Waals surface area contributed by atoms with Crippen molar-refractivity contribution in [2.45, 2.75) is 69.3 Å². The van der Waals surface area contributed by atoms with E-state index >= 15 is 0 Å². The molecule has 9 N–H and O–H groups in total. The number of halogens is 15. The fourth-order valence-corrected chi connectivity index (χ4v) is 8.47. The first-order valence-corrected chi connectivity index (χ1v) is 25.6. The van der Waals surface area contributed by atoms with Crippen molar-refractivity contribution >= 4 is 50.2 Å². The first-order valence-electron chi connectivity index (χ1n) is 25.6. The Bertz CT molecular complexity index is 3770. The number of alkyl halides is 13. The van der Waals surface area contributed by atoms with Crippen LogP contribution in [0.3, 0.4) is 0 Å². The van der Waals surface area contributed by atoms with Gasteiger partial charge in [0.05, 0.1) is 16.6 Å². The normalized spacial score (nSPS) is 12.3. The van der Waals surface area contributed by atoms with Crippen molar-refractivity contribution in [3.63, 3.8) is 0 Å². The molecule has 9 aromatic rings. The standard InChI is InChI=1S/C19H17F6N3O2.C19H18F5N3O2.C18H17F4N3O2/c20-12-3-5-16(30-10-18(21,22)19(23,24)25)14(9-12)11-2-4-13-15(8-11)28(6-1-7-29)27-17(13)26;20-18(21,19(22,23)24)11-29-16-5-2-1-4-13(16)12-6-7-14-15(10-12)27(8-3-9-28)26-17(14)25;19-12-3-5-16(27-10-18(20,21)22)14(9-12)11-2-4-13-15(8-11)25(6-1-7-26)24-17(13)23/h2-5,8-9,29H,1,6-7,10H2,(H2,26,27);1-2,4-7,10,28H,3,8-9,11H2,(H2,25,26);2-5,8-9,26H,1,6-7,10H2,(H2,23,24). The van der Waals surface area contributed by atoms with Crippen LogP contribution in [-0.2, 0) is 19.6 Å². The highest BCUT2D eigenvalue weighted by Crippen LogP contribution is 2.41. The number of fused-ring (bicyclic) bond motifs is 3. The SMILES string of the molecule is Nc1nn(CCCO)c2cc(-c3cc(F)ccc3OCC(F)(F)C(F)(F)F)ccc12.Nc1nn(CCCO)c2cc(-c3cc(F)ccc3OCC(F)(F)F)ccc12.Nc1nn(CCCO)c2cc(-c3ccccc3OCC(F)(F)C(F)(F)F)ccc12. The van der Waals surface area contributed by atoms with Crippen molar-refractivity contribution in [1.29, 1.82) is 0 Å². The van der Waals surface area contributed by atoms with Gasteiger partial charge in [-0.25, -0.2) is 8.78 Å². The van der Waals surface area contributed by atoms with E-state index in [9.17, 15) is 65.9 Å². The Hall–Kier alpha value is -8.64. The molecule has 15 nitrogen and oxygen atoms in total. The maximum atomic E-state index is 13.8. The topological polar surface area (TPSA) is 220 Å². The number of aromatic nitrogens is 6. The zero-order chi connectivity index (χ0) is 62.9. The van der Waals surface area contributed by atoms with Crippen molar-refractivity contribution in [2.24, 2.45) is 0 Å². The third kappa shape index (κ3) is 15.6. The predicted octanol–water partition coefficient (Wildman–Crippen LogP) is 12.4. The zero-order valence-electron chi connectivity index (χ0n) is 44.6. The van der Waals surface area contributed by atoms with Crippen LogP contribution in [0.15, 0.2) is 115 Å². The number of aliphatic hydroxyl groups excluding tert-OH is 3. The Morgan fingerprint density at radius 2 is 0.721 bits per heavy atom. The highest BCUT2D eigenvalue weighted by Gasteiger charge is 2.59. The molecule has 0 amide bonds. The van der Waals surface area contributed by atoms with Crippen molar-refractivity contribution < 1.29 is 95.4 Å². The molecule has 6 aromatic carbocycles. The number of anilines is 3. The molecule has 9 rings (SSSR count). The van der Waals surface area contributed by atoms with Crippen molar-refractivity contribution in [2.75, 3.05) is 56.8 Å². The van der Waals surface area contributed by atoms with E-state index < -0.39 is 61.8 Å². The van der Waals surface area contributed by atoms with Gasteiger partial charge in [0.2, 0.25) is 0 Å². The second kappa shape index (κ2) is 26.7. The highest BCUT2D eigenvalue weighted by atomic mass is 19.4. The van der Waals surface area contributed by atoms with Gasteiger partial charge in [-0.3, -0.25) is 14.0 Å². The number of aliphatic hydroxyl groups is 3. The van der Waals surface area contributed by atoms with E-state index in [4.69, 9.17) is 46.7 Å². The van der Waals surface area contributed by atoms with Gasteiger partial charge in [-0.05, 0) is 115 Å². The maximum absolute atomic E-state index is 13.8. The van der Waals surface area contributed by atoms with Gasteiger partial charge in [0.15, 0.2) is 37.3 Å². The lowest BCUT2D eigenvalue weighted by Gasteiger charge is -2.21. The first kappa shape index (κ1) is 64.9. The molecule has 462 valence electrons. The molecule has 0 spiro atoms. The van der Waals surface area contributed by atoms with E-state index in [-0.39, 0.29) is 54.0 Å². The van der Waals surface area contributed by atoms with Crippen LogP contribution in [0, 0.1) is 11.6 Å². The van der Waals surface area contributed by atoms with Gasteiger partial charge in [-0.2, -0.15) is 72.4 Å². The summed E-state index contributed by atoms with van der Waals surface area (Å²) in [5.41, 5.74) is 21.3. The summed E-state index contributed by atoms with van der Waals surface area (Å²) in [5.74, 6) is -11.1. The molecular formula is C56H52F15N9O6. The summed E-state index contributed by atoms with van der Waals surface area (Å²) in [6.45, 7) is -4.25. The number of aryl methyl sites for hydroxylation is 3. The van der Waals surface area contributed by atoms with E-state index in [2.05, 4.69) is 15.3 Å². The quantitative estimate of drug-likeness (QED) is 0.0393. The smallest absolute Gasteiger partial charge is 0.456 e. The maximum Gasteiger partial charge on any atom is 0.456 e. The first-order chi connectivity index (χ1) is 40.4. The fraction of sp³-hybridized carbons (Fsp3) is 0.304. The van der Waals surface area contributed by atoms with Gasteiger partial charge < -0.3 is 46.7 Å². The number of nitrogen functional groups attached to an aromatic ring is 3. The number of hydrogen-bond donors (Lipinski definition) is 6. The summed E-state index contributed by atoms with van der Waals surface area (Å²) in [6.07, 6.45) is -14.7. The van der Waals surface area contributed by atoms with Gasteiger partial charge in [-0.1, -0.05) is 36.4 Å². The lowest BCUT2D eigenvalue weighted by molar-refractivity contribution is -0.290. The molecule has 0 saturated carbocycles. The summed E-state index contributed by atoms with van der Waals surface area (Å²) in [6, 6.07) is 26.7. The molecule has 0 unspecified atom stereocenters. The van der Waals surface area contributed by atoms with E-state index in [1.165, 1.54) is 22.9 Å². The Morgan fingerprint density at radius 1 is 0.395 bits per heavy atom. The third-order valence-corrected chi connectivity index (χ3v) is 12.7. The number of hydrogen-bond acceptors (Lipinski definition) is 12. The monoisotopic (exact) mass is 1230 g/mol. The molecule has 30 heteroatoms. The summed E-state index contributed by atoms with van der Waals surface area (Å²) in [7, 11) is 0. The Kier molecular flexibility index (Phi) is 20.2. The predicted molar refractivity (Wildman–Crippen MR) is 288 cm³/mol. The number of rotatable bonds is 20. The van der Waals surface area contributed by atoms with Crippen LogP contribution in [0.4, 0.5) is 83.3 Å². The van der Waals surface area contributed by atoms with Crippen LogP contribution in [-0.4, -0.2) is 115 Å². The average Bonchev–Trinajstić information content (AvgIpc) is 2.19. The molecule has 86 heavy (non-hydrogen) atoms. The Morgan fingerprint density at radius 3 is 1.06 bits per heavy atom. The molecule has 0 aliphatic rings. The minimum atomic E-state index is -5.77. The van der Waals surface area contributed by atoms with E-state index in [1.54, 1.807) is 70.0 Å². The molecule has 0 radical (unpaired) electrons. The molecule has 0 fully saturated rings. The number of nitrogens with two attached hydrogens (primary N) is 3. The minimum Gasteiger partial charge on any atom is -0.486 e. The van der Waals surface area contributed by atoms with Crippen molar-refractivity contribution in [3.8, 4) is 50.6 Å². The second-order valence-corrected chi connectivity index (χ2v) is 18.9. The number of nitrogens with zero attached hydrogens (tertiary/aromatic N) is 6. The molecule has 0 saturated heterocycles. The number of ether oxygens (including phenoxy) is 3. The van der Waals surface area contributed by atoms with Gasteiger partial charge >= 0.3 is 30.4 Å². The molecule has 0 bridgehead atoms. The minimum absolute atomic E-state index is 0.0108. The van der Waals surface area contributed by atoms with Crippen molar-refractivity contribution in [3.05, 3.63) is 127 Å². The zero-order valence-corrected chi connectivity index (χ0v) is 44.6. The Labute approximate surface area is 477 Å². The lowest BCUT2D eigenvalue weighted by atomic mass is 10.0. The number of benzene rings is 6. The van der Waals surface area contributed by atoms with Crippen LogP contribution in [0.25, 0.3) is 66.1 Å². The lowest BCUT2D eigenvalue weighted by Crippen LogP contribution is -2.41. The largest absolute Gasteiger partial charge is 0.486 e. The molecular weight excluding hydrogens is 1180 g/mol. The molecule has 0 aliphatic heterocycles. The summed E-state index contributed by atoms with van der Waals surface area (Å²) < 4.78 is 212. The summed E-state index contributed by atoms with van der Waals surface area (Å²) >= 11 is 0. The van der Waals surface area contributed by atoms with E-state index in [0.717, 1.165) is 36.4 Å². The van der Waals surface area contributed by atoms with Gasteiger partial charge in [0.25, 0.3) is 0 Å². The Balaban J connectivity index is 0.000000185. The van der Waals surface area contributed by atoms with Crippen LogP contribution in [0.1, 0.15) is 19.3 Å². The summed E-state index contributed by atoms with van der Waals surface area (Å²) in [5, 5.41) is 41.5. The molecule has 3 aromatic heterocycles. The molecule has 0 aliphatic carbocycles. The van der Waals surface area contributed by atoms with Gasteiger partial charge in [-0.15, -0.1) is 0 Å². The van der Waals surface area contributed by atoms with Gasteiger partial charge in [0.1, 0.15) is 28.9 Å². The van der Waals surface area contributed by atoms with Crippen LogP contribution >= 0.6 is 0 Å².